The normalized spacial score (nSPS) is 21.9. The Morgan fingerprint density at radius 2 is 1.83 bits per heavy atom. The Bertz CT molecular complexity index is 667. The van der Waals surface area contributed by atoms with Crippen molar-refractivity contribution in [3.05, 3.63) is 46.6 Å². The molecule has 0 saturated heterocycles. The number of amides is 1. The van der Waals surface area contributed by atoms with Gasteiger partial charge in [-0.05, 0) is 12.1 Å². The predicted molar refractivity (Wildman–Crippen MR) is 79.3 cm³/mol. The van der Waals surface area contributed by atoms with Crippen LogP contribution in [0.15, 0.2) is 36.0 Å². The second-order valence-corrected chi connectivity index (χ2v) is 6.67. The first-order valence-corrected chi connectivity index (χ1v) is 7.14. The maximum atomic E-state index is 13.0. The van der Waals surface area contributed by atoms with Gasteiger partial charge in [0, 0.05) is 11.5 Å². The summed E-state index contributed by atoms with van der Waals surface area (Å²) in [6, 6.07) is 5.94. The van der Waals surface area contributed by atoms with Crippen LogP contribution in [-0.2, 0) is 0 Å². The first kappa shape index (κ1) is 17.6. The molecule has 126 valence electrons. The van der Waals surface area contributed by atoms with E-state index in [1.807, 2.05) is 5.43 Å². The van der Waals surface area contributed by atoms with E-state index in [1.54, 1.807) is 6.07 Å². The number of nitrogens with one attached hydrogen (secondary N) is 1. The summed E-state index contributed by atoms with van der Waals surface area (Å²) in [5, 5.41) is 11.4. The van der Waals surface area contributed by atoms with Gasteiger partial charge in [-0.15, -0.1) is 0 Å². The highest BCUT2D eigenvalue weighted by atomic mass is 35.5. The number of carbonyl (C=O) groups is 1. The fraction of sp³-hybridized carbons (Fsp3) is 0.400. The Hall–Kier alpha value is -1.73. The minimum atomic E-state index is -4.73. The molecule has 23 heavy (non-hydrogen) atoms. The third kappa shape index (κ3) is 3.03. The molecule has 0 bridgehead atoms. The van der Waals surface area contributed by atoms with Gasteiger partial charge in [-0.1, -0.05) is 44.5 Å². The lowest BCUT2D eigenvalue weighted by atomic mass is 9.82. The number of rotatable bonds is 1. The van der Waals surface area contributed by atoms with Crippen LogP contribution in [0, 0.1) is 5.41 Å². The molecule has 0 radical (unpaired) electrons. The van der Waals surface area contributed by atoms with E-state index in [2.05, 4.69) is 0 Å². The molecule has 1 aromatic carbocycles. The Kier molecular flexibility index (Phi) is 4.15. The lowest BCUT2D eigenvalue weighted by Gasteiger charge is -2.42. The summed E-state index contributed by atoms with van der Waals surface area (Å²) >= 11 is 5.94. The Labute approximate surface area is 136 Å². The zero-order valence-electron chi connectivity index (χ0n) is 12.7. The molecular weight excluding hydrogens is 333 g/mol. The number of hydrogen-bond donors (Lipinski definition) is 2. The average Bonchev–Trinajstić information content (AvgIpc) is 2.77. The van der Waals surface area contributed by atoms with Gasteiger partial charge in [0.25, 0.3) is 5.91 Å². The maximum Gasteiger partial charge on any atom is 0.432 e. The van der Waals surface area contributed by atoms with Crippen molar-refractivity contribution in [2.75, 3.05) is 0 Å². The van der Waals surface area contributed by atoms with Gasteiger partial charge >= 0.3 is 6.18 Å². The summed E-state index contributed by atoms with van der Waals surface area (Å²) in [5.41, 5.74) is -2.50. The van der Waals surface area contributed by atoms with Gasteiger partial charge in [0.15, 0.2) is 5.72 Å². The van der Waals surface area contributed by atoms with Crippen molar-refractivity contribution in [1.82, 2.24) is 10.4 Å². The van der Waals surface area contributed by atoms with Crippen LogP contribution in [0.2, 0.25) is 5.02 Å². The molecule has 1 aliphatic heterocycles. The van der Waals surface area contributed by atoms with Gasteiger partial charge in [-0.25, -0.2) is 5.01 Å². The second kappa shape index (κ2) is 5.42. The molecule has 1 aliphatic rings. The molecule has 0 fully saturated rings. The van der Waals surface area contributed by atoms with Crippen molar-refractivity contribution in [3.8, 4) is 0 Å². The van der Waals surface area contributed by atoms with Crippen LogP contribution < -0.4 is 5.43 Å². The average molecular weight is 349 g/mol. The van der Waals surface area contributed by atoms with Gasteiger partial charge in [-0.3, -0.25) is 10.2 Å². The quantitative estimate of drug-likeness (QED) is 0.817. The van der Waals surface area contributed by atoms with Crippen molar-refractivity contribution in [1.29, 1.82) is 0 Å². The molecule has 2 N–H and O–H groups in total. The number of hydrogen-bond acceptors (Lipinski definition) is 3. The van der Waals surface area contributed by atoms with Gasteiger partial charge in [0.1, 0.15) is 5.70 Å². The standard InChI is InChI=1S/C15H16ClF3N2O2/c1-13(2,3)14(23)8-11(15(17,18)19)20-21(14)12(22)9-6-4-5-7-10(9)16/h4-8,20,23H,1-3H3. The van der Waals surface area contributed by atoms with Crippen molar-refractivity contribution in [2.45, 2.75) is 32.7 Å². The van der Waals surface area contributed by atoms with Crippen LogP contribution in [0.3, 0.4) is 0 Å². The Balaban J connectivity index is 2.50. The van der Waals surface area contributed by atoms with Crippen molar-refractivity contribution in [3.63, 3.8) is 0 Å². The summed E-state index contributed by atoms with van der Waals surface area (Å²) in [4.78, 5) is 12.6. The lowest BCUT2D eigenvalue weighted by molar-refractivity contribution is -0.130. The number of allylic oxidation sites excluding steroid dienone is 1. The molecule has 1 amide bonds. The van der Waals surface area contributed by atoms with E-state index in [0.29, 0.717) is 11.1 Å². The third-order valence-electron chi connectivity index (χ3n) is 3.64. The van der Waals surface area contributed by atoms with E-state index in [9.17, 15) is 23.1 Å². The minimum Gasteiger partial charge on any atom is -0.365 e. The fourth-order valence-corrected chi connectivity index (χ4v) is 2.38. The van der Waals surface area contributed by atoms with Gasteiger partial charge in [0.05, 0.1) is 10.6 Å². The topological polar surface area (TPSA) is 52.6 Å². The van der Waals surface area contributed by atoms with Crippen LogP contribution in [0.25, 0.3) is 0 Å². The summed E-state index contributed by atoms with van der Waals surface area (Å²) in [7, 11) is 0. The van der Waals surface area contributed by atoms with Crippen molar-refractivity contribution < 1.29 is 23.1 Å². The molecular formula is C15H16ClF3N2O2. The van der Waals surface area contributed by atoms with E-state index in [-0.39, 0.29) is 10.6 Å². The molecule has 8 heteroatoms. The first-order valence-electron chi connectivity index (χ1n) is 6.76. The molecule has 0 aromatic heterocycles. The van der Waals surface area contributed by atoms with E-state index in [1.165, 1.54) is 39.0 Å². The highest BCUT2D eigenvalue weighted by Gasteiger charge is 2.55. The van der Waals surface area contributed by atoms with E-state index >= 15 is 0 Å². The van der Waals surface area contributed by atoms with E-state index in [0.717, 1.165) is 0 Å². The molecule has 1 aromatic rings. The minimum absolute atomic E-state index is 0.0128. The highest BCUT2D eigenvalue weighted by molar-refractivity contribution is 6.33. The van der Waals surface area contributed by atoms with Crippen LogP contribution in [0.4, 0.5) is 13.2 Å². The fourth-order valence-electron chi connectivity index (χ4n) is 2.16. The van der Waals surface area contributed by atoms with Crippen LogP contribution >= 0.6 is 11.6 Å². The van der Waals surface area contributed by atoms with Gasteiger partial charge < -0.3 is 5.11 Å². The summed E-state index contributed by atoms with van der Waals surface area (Å²) in [6.45, 7) is 4.58. The lowest BCUT2D eigenvalue weighted by Crippen LogP contribution is -2.59. The molecule has 2 rings (SSSR count). The van der Waals surface area contributed by atoms with E-state index < -0.39 is 28.9 Å². The Morgan fingerprint density at radius 3 is 2.30 bits per heavy atom. The molecule has 0 aliphatic carbocycles. The molecule has 4 nitrogen and oxygen atoms in total. The number of nitrogens with zero attached hydrogens (tertiary/aromatic N) is 1. The number of benzene rings is 1. The number of halogens is 4. The monoisotopic (exact) mass is 348 g/mol. The first-order chi connectivity index (χ1) is 10.4. The molecule has 0 saturated carbocycles. The summed E-state index contributed by atoms with van der Waals surface area (Å²) in [5.74, 6) is -0.858. The summed E-state index contributed by atoms with van der Waals surface area (Å²) < 4.78 is 39.0. The number of aliphatic hydroxyl groups is 1. The SMILES string of the molecule is CC(C)(C)C1(O)C=C(C(F)(F)F)NN1C(=O)c1ccccc1Cl. The van der Waals surface area contributed by atoms with Gasteiger partial charge in [0.2, 0.25) is 0 Å². The van der Waals surface area contributed by atoms with Crippen molar-refractivity contribution >= 4 is 17.5 Å². The molecule has 0 spiro atoms. The van der Waals surface area contributed by atoms with Crippen LogP contribution in [0.1, 0.15) is 31.1 Å². The highest BCUT2D eigenvalue weighted by Crippen LogP contribution is 2.42. The Morgan fingerprint density at radius 1 is 1.26 bits per heavy atom. The number of alkyl halides is 3. The smallest absolute Gasteiger partial charge is 0.365 e. The van der Waals surface area contributed by atoms with E-state index in [4.69, 9.17) is 11.6 Å². The van der Waals surface area contributed by atoms with Gasteiger partial charge in [-0.2, -0.15) is 13.2 Å². The van der Waals surface area contributed by atoms with Crippen molar-refractivity contribution in [2.24, 2.45) is 5.41 Å². The third-order valence-corrected chi connectivity index (χ3v) is 3.96. The predicted octanol–water partition coefficient (Wildman–Crippen LogP) is 3.48. The van der Waals surface area contributed by atoms with Crippen LogP contribution in [-0.4, -0.2) is 27.9 Å². The zero-order valence-corrected chi connectivity index (χ0v) is 13.5. The number of carbonyl (C=O) groups excluding carboxylic acids is 1. The van der Waals surface area contributed by atoms with Crippen LogP contribution in [0.5, 0.6) is 0 Å². The largest absolute Gasteiger partial charge is 0.432 e. The maximum absolute atomic E-state index is 13.0. The molecule has 1 atom stereocenters. The summed E-state index contributed by atoms with van der Waals surface area (Å²) in [6.07, 6.45) is -4.11. The molecule has 1 unspecified atom stereocenters. The molecule has 1 heterocycles. The second-order valence-electron chi connectivity index (χ2n) is 6.26. The zero-order chi connectivity index (χ0) is 17.6. The number of hydrazine groups is 1.